The molecule has 0 aliphatic rings. The van der Waals surface area contributed by atoms with Crippen molar-refractivity contribution in [3.05, 3.63) is 52.6 Å². The third-order valence-corrected chi connectivity index (χ3v) is 3.22. The van der Waals surface area contributed by atoms with Crippen molar-refractivity contribution in [2.24, 2.45) is 0 Å². The van der Waals surface area contributed by atoms with E-state index in [1.54, 1.807) is 0 Å². The minimum atomic E-state index is -0.200. The molecule has 0 spiro atoms. The predicted molar refractivity (Wildman–Crippen MR) is 77.9 cm³/mol. The molecule has 20 heavy (non-hydrogen) atoms. The van der Waals surface area contributed by atoms with Gasteiger partial charge in [0.2, 0.25) is 5.95 Å². The average molecular weight is 269 g/mol. The van der Waals surface area contributed by atoms with Crippen LogP contribution in [0.3, 0.4) is 0 Å². The first kappa shape index (κ1) is 12.4. The fourth-order valence-electron chi connectivity index (χ4n) is 2.06. The quantitative estimate of drug-likeness (QED) is 0.749. The Labute approximate surface area is 115 Å². The summed E-state index contributed by atoms with van der Waals surface area (Å²) in [7, 11) is 1.90. The van der Waals surface area contributed by atoms with Crippen molar-refractivity contribution in [2.45, 2.75) is 6.42 Å². The van der Waals surface area contributed by atoms with Crippen molar-refractivity contribution in [2.75, 3.05) is 18.5 Å². The summed E-state index contributed by atoms with van der Waals surface area (Å²) in [5.74, 6) is 0.533. The Balaban J connectivity index is 1.78. The number of anilines is 1. The number of hydrogen-bond donors (Lipinski definition) is 2. The molecule has 2 aromatic heterocycles. The van der Waals surface area contributed by atoms with Crippen molar-refractivity contribution in [1.82, 2.24) is 19.9 Å². The predicted octanol–water partition coefficient (Wildman–Crippen LogP) is 1.33. The number of aromatic amines is 2. The molecule has 3 aromatic rings. The van der Waals surface area contributed by atoms with Crippen molar-refractivity contribution >= 4 is 17.1 Å². The first-order chi connectivity index (χ1) is 9.74. The van der Waals surface area contributed by atoms with Crippen LogP contribution in [0.1, 0.15) is 5.56 Å². The van der Waals surface area contributed by atoms with Crippen LogP contribution in [0, 0.1) is 0 Å². The maximum absolute atomic E-state index is 11.8. The lowest BCUT2D eigenvalue weighted by atomic mass is 10.1. The Morgan fingerprint density at radius 1 is 1.25 bits per heavy atom. The van der Waals surface area contributed by atoms with E-state index in [9.17, 15) is 4.79 Å². The van der Waals surface area contributed by atoms with E-state index in [1.807, 2.05) is 30.1 Å². The summed E-state index contributed by atoms with van der Waals surface area (Å²) in [5.41, 5.74) is 1.90. The van der Waals surface area contributed by atoms with Gasteiger partial charge in [-0.2, -0.15) is 4.98 Å². The number of nitrogens with zero attached hydrogens (tertiary/aromatic N) is 3. The van der Waals surface area contributed by atoms with E-state index >= 15 is 0 Å². The monoisotopic (exact) mass is 269 g/mol. The fraction of sp³-hybridized carbons (Fsp3) is 0.214. The number of fused-ring (bicyclic) bond motifs is 1. The minimum absolute atomic E-state index is 0.200. The van der Waals surface area contributed by atoms with Gasteiger partial charge in [0.05, 0.1) is 6.33 Å². The molecular formula is C14H15N5O. The Morgan fingerprint density at radius 2 is 2.05 bits per heavy atom. The van der Waals surface area contributed by atoms with Gasteiger partial charge < -0.3 is 9.88 Å². The molecule has 6 nitrogen and oxygen atoms in total. The number of rotatable bonds is 4. The van der Waals surface area contributed by atoms with Gasteiger partial charge in [-0.05, 0) is 12.0 Å². The van der Waals surface area contributed by atoms with Gasteiger partial charge in [-0.25, -0.2) is 4.98 Å². The SMILES string of the molecule is CN(CCc1ccccc1)c1nc2nc[nH]c2c(=O)[nH]1. The van der Waals surface area contributed by atoms with Crippen LogP contribution >= 0.6 is 0 Å². The molecular weight excluding hydrogens is 254 g/mol. The molecule has 2 N–H and O–H groups in total. The highest BCUT2D eigenvalue weighted by molar-refractivity contribution is 5.69. The van der Waals surface area contributed by atoms with Crippen LogP contribution in [0.5, 0.6) is 0 Å². The number of aromatic nitrogens is 4. The molecule has 0 radical (unpaired) electrons. The fourth-order valence-corrected chi connectivity index (χ4v) is 2.06. The zero-order valence-electron chi connectivity index (χ0n) is 11.1. The molecule has 0 aliphatic carbocycles. The van der Waals surface area contributed by atoms with E-state index < -0.39 is 0 Å². The molecule has 2 heterocycles. The van der Waals surface area contributed by atoms with Gasteiger partial charge in [-0.1, -0.05) is 30.3 Å². The Bertz CT molecular complexity index is 762. The van der Waals surface area contributed by atoms with Crippen molar-refractivity contribution in [3.8, 4) is 0 Å². The maximum atomic E-state index is 11.8. The Hall–Kier alpha value is -2.63. The van der Waals surface area contributed by atoms with Gasteiger partial charge in [-0.15, -0.1) is 0 Å². The maximum Gasteiger partial charge on any atom is 0.278 e. The molecule has 0 fully saturated rings. The topological polar surface area (TPSA) is 77.7 Å². The zero-order valence-corrected chi connectivity index (χ0v) is 11.1. The van der Waals surface area contributed by atoms with Crippen LogP contribution in [-0.2, 0) is 6.42 Å². The number of nitrogens with one attached hydrogen (secondary N) is 2. The molecule has 102 valence electrons. The number of H-pyrrole nitrogens is 2. The van der Waals surface area contributed by atoms with Gasteiger partial charge in [0.15, 0.2) is 11.2 Å². The van der Waals surface area contributed by atoms with Crippen LogP contribution in [-0.4, -0.2) is 33.5 Å². The molecule has 0 aliphatic heterocycles. The lowest BCUT2D eigenvalue weighted by Gasteiger charge is -2.17. The first-order valence-corrected chi connectivity index (χ1v) is 6.42. The van der Waals surface area contributed by atoms with Crippen LogP contribution in [0.2, 0.25) is 0 Å². The first-order valence-electron chi connectivity index (χ1n) is 6.42. The van der Waals surface area contributed by atoms with Crippen LogP contribution in [0.15, 0.2) is 41.5 Å². The van der Waals surface area contributed by atoms with Gasteiger partial charge in [0.25, 0.3) is 5.56 Å². The number of likely N-dealkylation sites (N-methyl/N-ethyl adjacent to an activating group) is 1. The standard InChI is InChI=1S/C14H15N5O/c1-19(8-7-10-5-3-2-4-6-10)14-17-12-11(13(20)18-14)15-9-16-12/h2-6,9H,7-8H2,1H3,(H2,15,16,17,18,20). The number of benzene rings is 1. The molecule has 0 atom stereocenters. The molecule has 6 heteroatoms. The van der Waals surface area contributed by atoms with E-state index in [2.05, 4.69) is 32.1 Å². The smallest absolute Gasteiger partial charge is 0.278 e. The van der Waals surface area contributed by atoms with E-state index in [0.717, 1.165) is 13.0 Å². The Morgan fingerprint density at radius 3 is 2.85 bits per heavy atom. The van der Waals surface area contributed by atoms with E-state index in [0.29, 0.717) is 17.1 Å². The normalized spacial score (nSPS) is 10.8. The molecule has 0 saturated heterocycles. The summed E-state index contributed by atoms with van der Waals surface area (Å²) < 4.78 is 0. The summed E-state index contributed by atoms with van der Waals surface area (Å²) >= 11 is 0. The highest BCUT2D eigenvalue weighted by atomic mass is 16.1. The second-order valence-electron chi connectivity index (χ2n) is 4.65. The molecule has 1 aromatic carbocycles. The van der Waals surface area contributed by atoms with Gasteiger partial charge in [0.1, 0.15) is 0 Å². The summed E-state index contributed by atoms with van der Waals surface area (Å²) in [6.07, 6.45) is 2.36. The van der Waals surface area contributed by atoms with E-state index in [4.69, 9.17) is 0 Å². The third kappa shape index (κ3) is 2.40. The van der Waals surface area contributed by atoms with Crippen molar-refractivity contribution in [3.63, 3.8) is 0 Å². The highest BCUT2D eigenvalue weighted by Gasteiger charge is 2.09. The summed E-state index contributed by atoms with van der Waals surface area (Å²) in [4.78, 5) is 27.7. The average Bonchev–Trinajstić information content (AvgIpc) is 2.95. The van der Waals surface area contributed by atoms with Gasteiger partial charge in [0, 0.05) is 13.6 Å². The largest absolute Gasteiger partial charge is 0.345 e. The zero-order chi connectivity index (χ0) is 13.9. The van der Waals surface area contributed by atoms with Crippen molar-refractivity contribution < 1.29 is 0 Å². The third-order valence-electron chi connectivity index (χ3n) is 3.22. The van der Waals surface area contributed by atoms with Crippen LogP contribution in [0.25, 0.3) is 11.2 Å². The molecule has 0 amide bonds. The molecule has 0 saturated carbocycles. The second-order valence-corrected chi connectivity index (χ2v) is 4.65. The highest BCUT2D eigenvalue weighted by Crippen LogP contribution is 2.08. The number of imidazole rings is 1. The van der Waals surface area contributed by atoms with Crippen LogP contribution < -0.4 is 10.5 Å². The minimum Gasteiger partial charge on any atom is -0.345 e. The van der Waals surface area contributed by atoms with Crippen LogP contribution in [0.4, 0.5) is 5.95 Å². The molecule has 0 bridgehead atoms. The lowest BCUT2D eigenvalue weighted by Crippen LogP contribution is -2.25. The molecule has 3 rings (SSSR count). The summed E-state index contributed by atoms with van der Waals surface area (Å²) in [6, 6.07) is 10.2. The van der Waals surface area contributed by atoms with E-state index in [1.165, 1.54) is 11.9 Å². The Kier molecular flexibility index (Phi) is 3.20. The summed E-state index contributed by atoms with van der Waals surface area (Å²) in [5, 5.41) is 0. The number of hydrogen-bond acceptors (Lipinski definition) is 4. The van der Waals surface area contributed by atoms with Gasteiger partial charge in [-0.3, -0.25) is 9.78 Å². The lowest BCUT2D eigenvalue weighted by molar-refractivity contribution is 0.838. The van der Waals surface area contributed by atoms with Gasteiger partial charge >= 0.3 is 0 Å². The molecule has 0 unspecified atom stereocenters. The van der Waals surface area contributed by atoms with E-state index in [-0.39, 0.29) is 5.56 Å². The second kappa shape index (κ2) is 5.16. The summed E-state index contributed by atoms with van der Waals surface area (Å²) in [6.45, 7) is 0.767. The van der Waals surface area contributed by atoms with Crippen molar-refractivity contribution in [1.29, 1.82) is 0 Å².